The molecule has 21 heavy (non-hydrogen) atoms. The number of aryl methyl sites for hydroxylation is 2. The largest absolute Gasteiger partial charge is 0.396 e. The number of carbonyl (C=O) groups is 1. The molecule has 0 saturated carbocycles. The molecule has 0 atom stereocenters. The van der Waals surface area contributed by atoms with E-state index in [9.17, 15) is 13.6 Å². The topological polar surface area (TPSA) is 55.1 Å². The van der Waals surface area contributed by atoms with Gasteiger partial charge in [0, 0.05) is 12.1 Å². The van der Waals surface area contributed by atoms with Crippen LogP contribution in [-0.2, 0) is 6.54 Å². The molecule has 3 nitrogen and oxygen atoms in total. The highest BCUT2D eigenvalue weighted by Gasteiger charge is 2.09. The third kappa shape index (κ3) is 3.37. The lowest BCUT2D eigenvalue weighted by molar-refractivity contribution is 0.0951. The van der Waals surface area contributed by atoms with Gasteiger partial charge in [-0.3, -0.25) is 4.79 Å². The first kappa shape index (κ1) is 15.0. The standard InChI is InChI=1S/C16H16F2N2O/c1-9-5-11(6-10(2)15(9)18)8-20-16(21)12-3-4-13(17)14(19)7-12/h3-7H,8,19H2,1-2H3,(H,20,21). The average Bonchev–Trinajstić information content (AvgIpc) is 2.44. The van der Waals surface area contributed by atoms with Crippen LogP contribution in [0.3, 0.4) is 0 Å². The van der Waals surface area contributed by atoms with E-state index in [1.807, 2.05) is 0 Å². The molecule has 1 amide bonds. The lowest BCUT2D eigenvalue weighted by Crippen LogP contribution is -2.23. The van der Waals surface area contributed by atoms with Gasteiger partial charge in [0.2, 0.25) is 0 Å². The number of nitrogen functional groups attached to an aromatic ring is 1. The van der Waals surface area contributed by atoms with Crippen LogP contribution in [0.5, 0.6) is 0 Å². The minimum atomic E-state index is -0.559. The van der Waals surface area contributed by atoms with Gasteiger partial charge >= 0.3 is 0 Å². The van der Waals surface area contributed by atoms with Crippen molar-refractivity contribution in [1.29, 1.82) is 0 Å². The van der Waals surface area contributed by atoms with Crippen molar-refractivity contribution in [3.05, 3.63) is 64.2 Å². The van der Waals surface area contributed by atoms with Gasteiger partial charge in [-0.15, -0.1) is 0 Å². The highest BCUT2D eigenvalue weighted by molar-refractivity contribution is 5.94. The van der Waals surface area contributed by atoms with Crippen molar-refractivity contribution in [2.45, 2.75) is 20.4 Å². The number of carbonyl (C=O) groups excluding carboxylic acids is 1. The van der Waals surface area contributed by atoms with Gasteiger partial charge in [-0.25, -0.2) is 8.78 Å². The van der Waals surface area contributed by atoms with Crippen LogP contribution >= 0.6 is 0 Å². The highest BCUT2D eigenvalue weighted by atomic mass is 19.1. The van der Waals surface area contributed by atoms with Crippen LogP contribution < -0.4 is 11.1 Å². The van der Waals surface area contributed by atoms with Gasteiger partial charge in [-0.2, -0.15) is 0 Å². The Kier molecular flexibility index (Phi) is 4.21. The Morgan fingerprint density at radius 3 is 2.33 bits per heavy atom. The Morgan fingerprint density at radius 1 is 1.14 bits per heavy atom. The van der Waals surface area contributed by atoms with Crippen molar-refractivity contribution in [2.24, 2.45) is 0 Å². The van der Waals surface area contributed by atoms with Crippen LogP contribution in [0.4, 0.5) is 14.5 Å². The molecular formula is C16H16F2N2O. The first-order chi connectivity index (χ1) is 9.88. The smallest absolute Gasteiger partial charge is 0.251 e. The lowest BCUT2D eigenvalue weighted by atomic mass is 10.1. The Bertz CT molecular complexity index is 676. The number of amides is 1. The first-order valence-electron chi connectivity index (χ1n) is 6.47. The molecule has 0 aliphatic rings. The van der Waals surface area contributed by atoms with E-state index in [2.05, 4.69) is 5.32 Å². The number of nitrogens with one attached hydrogen (secondary N) is 1. The summed E-state index contributed by atoms with van der Waals surface area (Å²) in [6.45, 7) is 3.61. The fourth-order valence-corrected chi connectivity index (χ4v) is 2.11. The van der Waals surface area contributed by atoms with E-state index in [1.165, 1.54) is 12.1 Å². The van der Waals surface area contributed by atoms with Crippen molar-refractivity contribution in [3.63, 3.8) is 0 Å². The molecule has 0 saturated heterocycles. The van der Waals surface area contributed by atoms with Crippen LogP contribution in [0.25, 0.3) is 0 Å². The second-order valence-electron chi connectivity index (χ2n) is 4.96. The fourth-order valence-electron chi connectivity index (χ4n) is 2.11. The summed E-state index contributed by atoms with van der Waals surface area (Å²) >= 11 is 0. The molecule has 0 bridgehead atoms. The van der Waals surface area contributed by atoms with Gasteiger partial charge in [0.15, 0.2) is 0 Å². The summed E-state index contributed by atoms with van der Waals surface area (Å²) in [5, 5.41) is 2.70. The third-order valence-electron chi connectivity index (χ3n) is 3.21. The summed E-state index contributed by atoms with van der Waals surface area (Å²) in [6, 6.07) is 7.16. The van der Waals surface area contributed by atoms with E-state index >= 15 is 0 Å². The van der Waals surface area contributed by atoms with Gasteiger partial charge in [0.1, 0.15) is 11.6 Å². The molecule has 110 valence electrons. The zero-order valence-electron chi connectivity index (χ0n) is 11.8. The van der Waals surface area contributed by atoms with Crippen LogP contribution in [0.2, 0.25) is 0 Å². The number of halogens is 2. The fraction of sp³-hybridized carbons (Fsp3) is 0.188. The molecule has 2 rings (SSSR count). The summed E-state index contributed by atoms with van der Waals surface area (Å²) in [7, 11) is 0. The summed E-state index contributed by atoms with van der Waals surface area (Å²) in [5.41, 5.74) is 7.50. The van der Waals surface area contributed by atoms with E-state index in [0.717, 1.165) is 11.6 Å². The summed E-state index contributed by atoms with van der Waals surface area (Å²) in [4.78, 5) is 12.0. The van der Waals surface area contributed by atoms with Crippen LogP contribution in [0.15, 0.2) is 30.3 Å². The molecule has 0 unspecified atom stereocenters. The van der Waals surface area contributed by atoms with E-state index in [-0.39, 0.29) is 29.5 Å². The summed E-state index contributed by atoms with van der Waals surface area (Å²) in [6.07, 6.45) is 0. The molecule has 0 radical (unpaired) electrons. The molecule has 0 aliphatic carbocycles. The van der Waals surface area contributed by atoms with E-state index in [0.29, 0.717) is 11.1 Å². The Labute approximate surface area is 121 Å². The van der Waals surface area contributed by atoms with Crippen molar-refractivity contribution in [1.82, 2.24) is 5.32 Å². The van der Waals surface area contributed by atoms with Crippen molar-refractivity contribution in [2.75, 3.05) is 5.73 Å². The minimum absolute atomic E-state index is 0.0730. The quantitative estimate of drug-likeness (QED) is 0.853. The summed E-state index contributed by atoms with van der Waals surface area (Å²) in [5.74, 6) is -1.16. The number of hydrogen-bond donors (Lipinski definition) is 2. The molecule has 5 heteroatoms. The van der Waals surface area contributed by atoms with Crippen molar-refractivity contribution in [3.8, 4) is 0 Å². The predicted octanol–water partition coefficient (Wildman–Crippen LogP) is 3.09. The zero-order valence-corrected chi connectivity index (χ0v) is 11.8. The van der Waals surface area contributed by atoms with E-state index in [1.54, 1.807) is 26.0 Å². The predicted molar refractivity (Wildman–Crippen MR) is 77.9 cm³/mol. The van der Waals surface area contributed by atoms with Crippen LogP contribution in [-0.4, -0.2) is 5.91 Å². The van der Waals surface area contributed by atoms with Gasteiger partial charge in [0.25, 0.3) is 5.91 Å². The summed E-state index contributed by atoms with van der Waals surface area (Å²) < 4.78 is 26.6. The van der Waals surface area contributed by atoms with E-state index in [4.69, 9.17) is 5.73 Å². The van der Waals surface area contributed by atoms with E-state index < -0.39 is 5.82 Å². The molecule has 0 aliphatic heterocycles. The maximum Gasteiger partial charge on any atom is 0.251 e. The van der Waals surface area contributed by atoms with Crippen LogP contribution in [0, 0.1) is 25.5 Å². The third-order valence-corrected chi connectivity index (χ3v) is 3.21. The minimum Gasteiger partial charge on any atom is -0.396 e. The van der Waals surface area contributed by atoms with Gasteiger partial charge in [0.05, 0.1) is 5.69 Å². The second kappa shape index (κ2) is 5.91. The van der Waals surface area contributed by atoms with Gasteiger partial charge in [-0.05, 0) is 48.7 Å². The maximum absolute atomic E-state index is 13.5. The average molecular weight is 290 g/mol. The van der Waals surface area contributed by atoms with Gasteiger partial charge < -0.3 is 11.1 Å². The molecule has 3 N–H and O–H groups in total. The zero-order chi connectivity index (χ0) is 15.6. The molecule has 2 aromatic rings. The van der Waals surface area contributed by atoms with Crippen molar-refractivity contribution < 1.29 is 13.6 Å². The Morgan fingerprint density at radius 2 is 1.76 bits per heavy atom. The Balaban J connectivity index is 2.09. The molecule has 2 aromatic carbocycles. The number of rotatable bonds is 3. The molecule has 0 aromatic heterocycles. The van der Waals surface area contributed by atoms with Crippen molar-refractivity contribution >= 4 is 11.6 Å². The molecule has 0 fully saturated rings. The molecular weight excluding hydrogens is 274 g/mol. The first-order valence-corrected chi connectivity index (χ1v) is 6.47. The monoisotopic (exact) mass is 290 g/mol. The highest BCUT2D eigenvalue weighted by Crippen LogP contribution is 2.15. The molecule has 0 heterocycles. The molecule has 0 spiro atoms. The lowest BCUT2D eigenvalue weighted by Gasteiger charge is -2.09. The maximum atomic E-state index is 13.5. The number of hydrogen-bond acceptors (Lipinski definition) is 2. The normalized spacial score (nSPS) is 10.5. The number of nitrogens with two attached hydrogens (primary N) is 1. The SMILES string of the molecule is Cc1cc(CNC(=O)c2ccc(F)c(N)c2)cc(C)c1F. The van der Waals surface area contributed by atoms with Gasteiger partial charge in [-0.1, -0.05) is 12.1 Å². The number of anilines is 1. The Hall–Kier alpha value is -2.43. The number of benzene rings is 2. The second-order valence-corrected chi connectivity index (χ2v) is 4.96. The van der Waals surface area contributed by atoms with Crippen LogP contribution in [0.1, 0.15) is 27.0 Å².